The lowest BCUT2D eigenvalue weighted by Gasteiger charge is -2.15. The molecule has 1 heterocycles. The van der Waals surface area contributed by atoms with Crippen LogP contribution in [0.4, 0.5) is 5.69 Å². The summed E-state index contributed by atoms with van der Waals surface area (Å²) in [5.74, 6) is 0. The van der Waals surface area contributed by atoms with Crippen molar-refractivity contribution < 1.29 is 0 Å². The first-order chi connectivity index (χ1) is 8.33. The van der Waals surface area contributed by atoms with E-state index in [1.807, 2.05) is 35.3 Å². The van der Waals surface area contributed by atoms with Crippen molar-refractivity contribution in [1.82, 2.24) is 9.66 Å². The molecule has 88 valence electrons. The molecule has 0 fully saturated rings. The van der Waals surface area contributed by atoms with Crippen molar-refractivity contribution in [2.75, 3.05) is 5.43 Å². The molecule has 4 heteroatoms. The number of nitrogens with one attached hydrogen (secondary N) is 1. The number of aromatic nitrogens is 2. The molecule has 0 unspecified atom stereocenters. The topological polar surface area (TPSA) is 29.9 Å². The van der Waals surface area contributed by atoms with Crippen LogP contribution in [0.1, 0.15) is 24.2 Å². The average Bonchev–Trinajstić information content (AvgIpc) is 2.73. The molecule has 3 nitrogen and oxygen atoms in total. The van der Waals surface area contributed by atoms with E-state index in [4.69, 9.17) is 11.6 Å². The number of rotatable bonds is 2. The van der Waals surface area contributed by atoms with E-state index in [0.29, 0.717) is 0 Å². The second-order valence-corrected chi connectivity index (χ2v) is 4.77. The Bertz CT molecular complexity index is 533. The molecule has 1 aromatic carbocycles. The number of fused-ring (bicyclic) bond motifs is 1. The third kappa shape index (κ3) is 2.15. The van der Waals surface area contributed by atoms with E-state index >= 15 is 0 Å². The van der Waals surface area contributed by atoms with E-state index in [1.165, 1.54) is 24.2 Å². The first kappa shape index (κ1) is 10.7. The number of aryl methyl sites for hydroxylation is 1. The molecule has 0 saturated carbocycles. The van der Waals surface area contributed by atoms with Gasteiger partial charge in [0, 0.05) is 5.02 Å². The van der Waals surface area contributed by atoms with Crippen LogP contribution >= 0.6 is 11.6 Å². The Morgan fingerprint density at radius 1 is 1.24 bits per heavy atom. The Hall–Kier alpha value is -1.48. The lowest BCUT2D eigenvalue weighted by Crippen LogP contribution is -2.14. The van der Waals surface area contributed by atoms with E-state index in [9.17, 15) is 0 Å². The number of imidazole rings is 1. The summed E-state index contributed by atoms with van der Waals surface area (Å²) in [5, 5.41) is 0.740. The van der Waals surface area contributed by atoms with Crippen LogP contribution in [0.3, 0.4) is 0 Å². The van der Waals surface area contributed by atoms with Gasteiger partial charge >= 0.3 is 0 Å². The molecular formula is C13H14ClN3. The minimum Gasteiger partial charge on any atom is -0.293 e. The van der Waals surface area contributed by atoms with Gasteiger partial charge in [-0.25, -0.2) is 9.66 Å². The van der Waals surface area contributed by atoms with E-state index in [2.05, 4.69) is 10.4 Å². The molecule has 0 bridgehead atoms. The second kappa shape index (κ2) is 4.41. The fourth-order valence-corrected chi connectivity index (χ4v) is 2.45. The maximum absolute atomic E-state index is 5.96. The number of benzene rings is 1. The summed E-state index contributed by atoms with van der Waals surface area (Å²) in [6, 6.07) is 7.72. The smallest absolute Gasteiger partial charge is 0.115 e. The summed E-state index contributed by atoms with van der Waals surface area (Å²) in [6.07, 6.45) is 6.55. The van der Waals surface area contributed by atoms with Crippen molar-refractivity contribution in [3.05, 3.63) is 47.0 Å². The number of hydrogen-bond acceptors (Lipinski definition) is 2. The summed E-state index contributed by atoms with van der Waals surface area (Å²) in [6.45, 7) is 0. The molecule has 0 saturated heterocycles. The van der Waals surface area contributed by atoms with Gasteiger partial charge in [-0.1, -0.05) is 17.7 Å². The van der Waals surface area contributed by atoms with E-state index in [0.717, 1.165) is 23.6 Å². The monoisotopic (exact) mass is 247 g/mol. The van der Waals surface area contributed by atoms with Crippen LogP contribution in [0.15, 0.2) is 30.6 Å². The van der Waals surface area contributed by atoms with Gasteiger partial charge in [-0.3, -0.25) is 5.43 Å². The molecule has 1 aromatic heterocycles. The van der Waals surface area contributed by atoms with Crippen LogP contribution in [0.5, 0.6) is 0 Å². The first-order valence-electron chi connectivity index (χ1n) is 5.90. The SMILES string of the molecule is Clc1cccc(Nn2cnc3c2CCCC3)c1. The zero-order valence-electron chi connectivity index (χ0n) is 9.49. The normalized spacial score (nSPS) is 14.4. The third-order valence-corrected chi connectivity index (χ3v) is 3.34. The molecule has 0 radical (unpaired) electrons. The molecular weight excluding hydrogens is 234 g/mol. The molecule has 1 aliphatic carbocycles. The van der Waals surface area contributed by atoms with Gasteiger partial charge in [-0.15, -0.1) is 0 Å². The van der Waals surface area contributed by atoms with Crippen LogP contribution in [0, 0.1) is 0 Å². The molecule has 0 spiro atoms. The predicted molar refractivity (Wildman–Crippen MR) is 69.3 cm³/mol. The maximum Gasteiger partial charge on any atom is 0.115 e. The largest absolute Gasteiger partial charge is 0.293 e. The van der Waals surface area contributed by atoms with Crippen molar-refractivity contribution in [2.24, 2.45) is 0 Å². The zero-order valence-corrected chi connectivity index (χ0v) is 10.2. The zero-order chi connectivity index (χ0) is 11.7. The maximum atomic E-state index is 5.96. The van der Waals surface area contributed by atoms with Gasteiger partial charge in [-0.2, -0.15) is 0 Å². The molecule has 0 aliphatic heterocycles. The summed E-state index contributed by atoms with van der Waals surface area (Å²) >= 11 is 5.96. The Kier molecular flexibility index (Phi) is 2.77. The molecule has 17 heavy (non-hydrogen) atoms. The van der Waals surface area contributed by atoms with Gasteiger partial charge in [0.2, 0.25) is 0 Å². The van der Waals surface area contributed by atoms with Gasteiger partial charge in [0.05, 0.1) is 17.1 Å². The van der Waals surface area contributed by atoms with E-state index in [-0.39, 0.29) is 0 Å². The highest BCUT2D eigenvalue weighted by Crippen LogP contribution is 2.21. The lowest BCUT2D eigenvalue weighted by molar-refractivity contribution is 0.649. The van der Waals surface area contributed by atoms with Crippen molar-refractivity contribution in [2.45, 2.75) is 25.7 Å². The number of hydrogen-bond donors (Lipinski definition) is 1. The molecule has 2 aromatic rings. The lowest BCUT2D eigenvalue weighted by atomic mass is 10.0. The van der Waals surface area contributed by atoms with Crippen LogP contribution in [-0.2, 0) is 12.8 Å². The summed E-state index contributed by atoms with van der Waals surface area (Å²) in [7, 11) is 0. The third-order valence-electron chi connectivity index (χ3n) is 3.10. The molecule has 1 N–H and O–H groups in total. The highest BCUT2D eigenvalue weighted by Gasteiger charge is 2.15. The predicted octanol–water partition coefficient (Wildman–Crippen LogP) is 3.29. The van der Waals surface area contributed by atoms with Crippen LogP contribution in [-0.4, -0.2) is 9.66 Å². The minimum atomic E-state index is 0.740. The Balaban J connectivity index is 1.88. The van der Waals surface area contributed by atoms with Crippen molar-refractivity contribution in [3.8, 4) is 0 Å². The standard InChI is InChI=1S/C13H14ClN3/c14-10-4-3-5-11(8-10)16-17-9-15-12-6-1-2-7-13(12)17/h3-5,8-9,16H,1-2,6-7H2. The quantitative estimate of drug-likeness (QED) is 0.883. The highest BCUT2D eigenvalue weighted by atomic mass is 35.5. The highest BCUT2D eigenvalue weighted by molar-refractivity contribution is 6.30. The minimum absolute atomic E-state index is 0.740. The number of anilines is 1. The Morgan fingerprint density at radius 3 is 3.00 bits per heavy atom. The van der Waals surface area contributed by atoms with Crippen LogP contribution in [0.2, 0.25) is 5.02 Å². The molecule has 0 amide bonds. The summed E-state index contributed by atoms with van der Waals surface area (Å²) in [4.78, 5) is 4.44. The Morgan fingerprint density at radius 2 is 2.12 bits per heavy atom. The van der Waals surface area contributed by atoms with Gasteiger partial charge < -0.3 is 0 Å². The fourth-order valence-electron chi connectivity index (χ4n) is 2.26. The summed E-state index contributed by atoms with van der Waals surface area (Å²) in [5.41, 5.74) is 6.84. The van der Waals surface area contributed by atoms with Gasteiger partial charge in [0.1, 0.15) is 6.33 Å². The average molecular weight is 248 g/mol. The van der Waals surface area contributed by atoms with Crippen molar-refractivity contribution in [3.63, 3.8) is 0 Å². The van der Waals surface area contributed by atoms with Gasteiger partial charge in [0.15, 0.2) is 0 Å². The first-order valence-corrected chi connectivity index (χ1v) is 6.28. The van der Waals surface area contributed by atoms with Crippen LogP contribution in [0.25, 0.3) is 0 Å². The Labute approximate surface area is 105 Å². The number of nitrogens with zero attached hydrogens (tertiary/aromatic N) is 2. The second-order valence-electron chi connectivity index (χ2n) is 4.34. The van der Waals surface area contributed by atoms with Crippen molar-refractivity contribution >= 4 is 17.3 Å². The van der Waals surface area contributed by atoms with Crippen molar-refractivity contribution in [1.29, 1.82) is 0 Å². The molecule has 0 atom stereocenters. The number of halogens is 1. The van der Waals surface area contributed by atoms with Gasteiger partial charge in [-0.05, 0) is 43.9 Å². The molecule has 3 rings (SSSR count). The summed E-state index contributed by atoms with van der Waals surface area (Å²) < 4.78 is 2.01. The van der Waals surface area contributed by atoms with Crippen LogP contribution < -0.4 is 5.43 Å². The molecule has 1 aliphatic rings. The fraction of sp³-hybridized carbons (Fsp3) is 0.308. The van der Waals surface area contributed by atoms with Gasteiger partial charge in [0.25, 0.3) is 0 Å². The van der Waals surface area contributed by atoms with E-state index < -0.39 is 0 Å². The van der Waals surface area contributed by atoms with E-state index in [1.54, 1.807) is 0 Å².